The fraction of sp³-hybridized carbons (Fsp3) is 0.667. The highest BCUT2D eigenvalue weighted by molar-refractivity contribution is 5.54. The van der Waals surface area contributed by atoms with Gasteiger partial charge in [0.25, 0.3) is 0 Å². The van der Waals surface area contributed by atoms with Crippen molar-refractivity contribution in [1.29, 1.82) is 0 Å². The van der Waals surface area contributed by atoms with Crippen LogP contribution >= 0.6 is 0 Å². The number of hydrogen-bond donors (Lipinski definition) is 1. The topological polar surface area (TPSA) is 23.5 Å². The summed E-state index contributed by atoms with van der Waals surface area (Å²) in [6.45, 7) is 11.7. The van der Waals surface area contributed by atoms with E-state index in [-0.39, 0.29) is 6.61 Å². The smallest absolute Gasteiger partial charge is 0.0681 e. The van der Waals surface area contributed by atoms with Crippen LogP contribution in [0.15, 0.2) is 18.2 Å². The van der Waals surface area contributed by atoms with Crippen molar-refractivity contribution in [1.82, 2.24) is 0 Å². The second-order valence-corrected chi connectivity index (χ2v) is 7.26. The summed E-state index contributed by atoms with van der Waals surface area (Å²) in [7, 11) is 0. The normalized spacial score (nSPS) is 20.9. The van der Waals surface area contributed by atoms with Crippen LogP contribution in [0.5, 0.6) is 0 Å². The summed E-state index contributed by atoms with van der Waals surface area (Å²) in [5.41, 5.74) is 4.06. The summed E-state index contributed by atoms with van der Waals surface area (Å²) in [4.78, 5) is 2.53. The Bertz CT molecular complexity index is 447. The number of nitrogens with zero attached hydrogens (tertiary/aromatic N) is 1. The number of aliphatic hydroxyl groups is 1. The molecule has 1 saturated heterocycles. The molecule has 0 saturated carbocycles. The lowest BCUT2D eigenvalue weighted by molar-refractivity contribution is 0.220. The maximum Gasteiger partial charge on any atom is 0.0681 e. The van der Waals surface area contributed by atoms with Crippen LogP contribution in [-0.4, -0.2) is 18.2 Å². The first-order chi connectivity index (χ1) is 9.41. The molecule has 0 aliphatic carbocycles. The lowest BCUT2D eigenvalue weighted by Crippen LogP contribution is -2.26. The van der Waals surface area contributed by atoms with Gasteiger partial charge in [0, 0.05) is 18.8 Å². The van der Waals surface area contributed by atoms with Crippen LogP contribution in [0, 0.1) is 18.3 Å². The summed E-state index contributed by atoms with van der Waals surface area (Å²) in [5, 5.41) is 9.22. The average Bonchev–Trinajstić information content (AvgIpc) is 2.63. The third-order valence-electron chi connectivity index (χ3n) is 4.74. The van der Waals surface area contributed by atoms with Crippen LogP contribution in [0.25, 0.3) is 0 Å². The summed E-state index contributed by atoms with van der Waals surface area (Å²) in [6.07, 6.45) is 3.90. The van der Waals surface area contributed by atoms with Crippen LogP contribution in [0.2, 0.25) is 0 Å². The van der Waals surface area contributed by atoms with Gasteiger partial charge in [0.05, 0.1) is 6.61 Å². The predicted molar refractivity (Wildman–Crippen MR) is 86.1 cm³/mol. The van der Waals surface area contributed by atoms with Crippen LogP contribution in [0.1, 0.15) is 51.2 Å². The zero-order chi connectivity index (χ0) is 14.8. The van der Waals surface area contributed by atoms with Crippen LogP contribution < -0.4 is 4.90 Å². The van der Waals surface area contributed by atoms with Crippen molar-refractivity contribution in [2.75, 3.05) is 18.0 Å². The van der Waals surface area contributed by atoms with Gasteiger partial charge in [-0.3, -0.25) is 0 Å². The Morgan fingerprint density at radius 3 is 2.55 bits per heavy atom. The molecule has 0 bridgehead atoms. The molecular weight excluding hydrogens is 246 g/mol. The molecule has 1 aliphatic rings. The quantitative estimate of drug-likeness (QED) is 0.877. The lowest BCUT2D eigenvalue weighted by atomic mass is 9.77. The third-order valence-corrected chi connectivity index (χ3v) is 4.74. The van der Waals surface area contributed by atoms with E-state index in [1.807, 2.05) is 0 Å². The number of rotatable bonds is 2. The summed E-state index contributed by atoms with van der Waals surface area (Å²) in [6, 6.07) is 6.34. The van der Waals surface area contributed by atoms with E-state index < -0.39 is 0 Å². The van der Waals surface area contributed by atoms with E-state index in [1.54, 1.807) is 0 Å². The molecule has 0 spiro atoms. The lowest BCUT2D eigenvalue weighted by Gasteiger charge is -2.30. The summed E-state index contributed by atoms with van der Waals surface area (Å²) < 4.78 is 0. The van der Waals surface area contributed by atoms with Gasteiger partial charge in [0.1, 0.15) is 0 Å². The molecule has 0 radical (unpaired) electrons. The fourth-order valence-electron chi connectivity index (χ4n) is 3.37. The number of aliphatic hydroxyl groups excluding tert-OH is 1. The van der Waals surface area contributed by atoms with Gasteiger partial charge in [0.15, 0.2) is 0 Å². The minimum absolute atomic E-state index is 0.132. The molecule has 1 aromatic rings. The van der Waals surface area contributed by atoms with Crippen LogP contribution in [0.3, 0.4) is 0 Å². The van der Waals surface area contributed by atoms with E-state index in [4.69, 9.17) is 0 Å². The van der Waals surface area contributed by atoms with Crippen molar-refractivity contribution < 1.29 is 5.11 Å². The minimum Gasteiger partial charge on any atom is -0.392 e. The summed E-state index contributed by atoms with van der Waals surface area (Å²) in [5.74, 6) is 0.824. The maximum atomic E-state index is 9.22. The molecule has 2 nitrogen and oxygen atoms in total. The largest absolute Gasteiger partial charge is 0.392 e. The first-order valence-electron chi connectivity index (χ1n) is 7.87. The van der Waals surface area contributed by atoms with Crippen molar-refractivity contribution in [2.45, 2.75) is 53.6 Å². The van der Waals surface area contributed by atoms with Crippen LogP contribution in [0.4, 0.5) is 5.69 Å². The Hall–Kier alpha value is -1.02. The van der Waals surface area contributed by atoms with Gasteiger partial charge in [-0.05, 0) is 54.7 Å². The van der Waals surface area contributed by atoms with Gasteiger partial charge in [0.2, 0.25) is 0 Å². The Morgan fingerprint density at radius 2 is 1.95 bits per heavy atom. The molecule has 2 rings (SSSR count). The molecule has 1 N–H and O–H groups in total. The summed E-state index contributed by atoms with van der Waals surface area (Å²) >= 11 is 0. The SMILES string of the molecule is Cc1cc(CO)ccc1N1CCCC(C(C)(C)C)CC1. The number of hydrogen-bond acceptors (Lipinski definition) is 2. The van der Waals surface area contributed by atoms with Gasteiger partial charge < -0.3 is 10.0 Å². The molecular formula is C18H29NO. The molecule has 1 atom stereocenters. The molecule has 2 heteroatoms. The molecule has 1 heterocycles. The first-order valence-corrected chi connectivity index (χ1v) is 7.87. The standard InChI is InChI=1S/C18H29NO/c1-14-12-15(13-20)7-8-17(14)19-10-5-6-16(9-11-19)18(2,3)4/h7-8,12,16,20H,5-6,9-11,13H2,1-4H3. The Morgan fingerprint density at radius 1 is 1.20 bits per heavy atom. The predicted octanol–water partition coefficient (Wildman–Crippen LogP) is 4.14. The van der Waals surface area contributed by atoms with Gasteiger partial charge in [-0.1, -0.05) is 32.9 Å². The van der Waals surface area contributed by atoms with Crippen molar-refractivity contribution in [3.63, 3.8) is 0 Å². The second-order valence-electron chi connectivity index (χ2n) is 7.26. The zero-order valence-corrected chi connectivity index (χ0v) is 13.4. The molecule has 0 aromatic heterocycles. The molecule has 1 aliphatic heterocycles. The van der Waals surface area contributed by atoms with E-state index in [1.165, 1.54) is 30.5 Å². The molecule has 1 fully saturated rings. The highest BCUT2D eigenvalue weighted by Gasteiger charge is 2.27. The maximum absolute atomic E-state index is 9.22. The van der Waals surface area contributed by atoms with E-state index >= 15 is 0 Å². The molecule has 0 amide bonds. The van der Waals surface area contributed by atoms with E-state index in [0.29, 0.717) is 5.41 Å². The van der Waals surface area contributed by atoms with Crippen molar-refractivity contribution in [3.05, 3.63) is 29.3 Å². The number of benzene rings is 1. The molecule has 1 unspecified atom stereocenters. The van der Waals surface area contributed by atoms with E-state index in [9.17, 15) is 5.11 Å². The third kappa shape index (κ3) is 3.54. The van der Waals surface area contributed by atoms with Crippen molar-refractivity contribution >= 4 is 5.69 Å². The number of anilines is 1. The minimum atomic E-state index is 0.132. The Labute approximate surface area is 123 Å². The van der Waals surface area contributed by atoms with Crippen molar-refractivity contribution in [3.8, 4) is 0 Å². The van der Waals surface area contributed by atoms with Gasteiger partial charge in [-0.25, -0.2) is 0 Å². The highest BCUT2D eigenvalue weighted by atomic mass is 16.3. The molecule has 20 heavy (non-hydrogen) atoms. The van der Waals surface area contributed by atoms with E-state index in [0.717, 1.165) is 24.6 Å². The zero-order valence-electron chi connectivity index (χ0n) is 13.4. The first kappa shape index (κ1) is 15.4. The molecule has 1 aromatic carbocycles. The van der Waals surface area contributed by atoms with Gasteiger partial charge in [-0.2, -0.15) is 0 Å². The highest BCUT2D eigenvalue weighted by Crippen LogP contribution is 2.35. The average molecular weight is 275 g/mol. The fourth-order valence-corrected chi connectivity index (χ4v) is 3.37. The van der Waals surface area contributed by atoms with Crippen molar-refractivity contribution in [2.24, 2.45) is 11.3 Å². The monoisotopic (exact) mass is 275 g/mol. The number of aryl methyl sites for hydroxylation is 1. The second kappa shape index (κ2) is 6.17. The Kier molecular flexibility index (Phi) is 4.74. The Balaban J connectivity index is 2.11. The molecule has 112 valence electrons. The van der Waals surface area contributed by atoms with Crippen LogP contribution in [-0.2, 0) is 6.61 Å². The van der Waals surface area contributed by atoms with Gasteiger partial charge in [-0.15, -0.1) is 0 Å². The van der Waals surface area contributed by atoms with Gasteiger partial charge >= 0.3 is 0 Å². The van der Waals surface area contributed by atoms with E-state index in [2.05, 4.69) is 50.8 Å².